The first kappa shape index (κ1) is 16.0. The first-order valence-corrected chi connectivity index (χ1v) is 8.44. The van der Waals surface area contributed by atoms with E-state index in [1.54, 1.807) is 6.33 Å². The summed E-state index contributed by atoms with van der Waals surface area (Å²) in [7, 11) is 0. The van der Waals surface area contributed by atoms with Crippen molar-refractivity contribution in [2.75, 3.05) is 6.54 Å². The molecular weight excluding hydrogens is 288 g/mol. The fourth-order valence-corrected chi connectivity index (χ4v) is 3.37. The van der Waals surface area contributed by atoms with Crippen molar-refractivity contribution in [2.24, 2.45) is 5.41 Å². The molecule has 1 aliphatic rings. The fourth-order valence-electron chi connectivity index (χ4n) is 3.37. The van der Waals surface area contributed by atoms with Gasteiger partial charge in [0.25, 0.3) is 0 Å². The first-order valence-electron chi connectivity index (χ1n) is 8.44. The summed E-state index contributed by atoms with van der Waals surface area (Å²) in [6.45, 7) is 9.17. The van der Waals surface area contributed by atoms with E-state index in [0.29, 0.717) is 6.42 Å². The Morgan fingerprint density at radius 1 is 1.35 bits per heavy atom. The summed E-state index contributed by atoms with van der Waals surface area (Å²) in [6, 6.07) is 2.08. The molecule has 1 atom stereocenters. The van der Waals surface area contributed by atoms with Crippen LogP contribution in [0, 0.1) is 12.3 Å². The number of aryl methyl sites for hydroxylation is 1. The Labute approximate surface area is 137 Å². The van der Waals surface area contributed by atoms with Crippen LogP contribution in [0.4, 0.5) is 0 Å². The average Bonchev–Trinajstić information content (AvgIpc) is 2.92. The summed E-state index contributed by atoms with van der Waals surface area (Å²) < 4.78 is 2.03. The second kappa shape index (κ2) is 5.95. The highest BCUT2D eigenvalue weighted by Crippen LogP contribution is 2.32. The quantitative estimate of drug-likeness (QED) is 0.852. The van der Waals surface area contributed by atoms with Crippen LogP contribution in [-0.2, 0) is 4.79 Å². The van der Waals surface area contributed by atoms with Crippen molar-refractivity contribution in [1.82, 2.24) is 19.3 Å². The van der Waals surface area contributed by atoms with Crippen LogP contribution in [0.15, 0.2) is 18.6 Å². The number of fused-ring (bicyclic) bond motifs is 1. The molecule has 0 saturated carbocycles. The normalized spacial score (nSPS) is 19.3. The molecule has 23 heavy (non-hydrogen) atoms. The number of piperidine rings is 1. The van der Waals surface area contributed by atoms with Gasteiger partial charge >= 0.3 is 0 Å². The topological polar surface area (TPSA) is 50.5 Å². The van der Waals surface area contributed by atoms with Crippen LogP contribution >= 0.6 is 0 Å². The van der Waals surface area contributed by atoms with E-state index in [-0.39, 0.29) is 17.4 Å². The number of hydrogen-bond donors (Lipinski definition) is 0. The number of hydrogen-bond acceptors (Lipinski definition) is 3. The number of carbonyl (C=O) groups excluding carboxylic acids is 1. The molecule has 0 N–H and O–H groups in total. The molecular formula is C18H26N4O. The molecule has 0 aliphatic carbocycles. The summed E-state index contributed by atoms with van der Waals surface area (Å²) in [6.07, 6.45) is 7.41. The van der Waals surface area contributed by atoms with Gasteiger partial charge in [0.05, 0.1) is 17.8 Å². The van der Waals surface area contributed by atoms with Gasteiger partial charge in [0, 0.05) is 18.7 Å². The Balaban J connectivity index is 1.97. The minimum absolute atomic E-state index is 0.00341. The number of amides is 1. The maximum atomic E-state index is 12.8. The molecule has 0 unspecified atom stereocenters. The summed E-state index contributed by atoms with van der Waals surface area (Å²) in [5, 5.41) is 0. The van der Waals surface area contributed by atoms with Crippen molar-refractivity contribution in [3.63, 3.8) is 0 Å². The van der Waals surface area contributed by atoms with E-state index in [1.807, 2.05) is 28.5 Å². The Hall–Kier alpha value is -1.91. The van der Waals surface area contributed by atoms with Crippen LogP contribution < -0.4 is 0 Å². The van der Waals surface area contributed by atoms with Crippen LogP contribution in [0.2, 0.25) is 0 Å². The van der Waals surface area contributed by atoms with Gasteiger partial charge in [-0.2, -0.15) is 0 Å². The van der Waals surface area contributed by atoms with E-state index in [4.69, 9.17) is 4.98 Å². The van der Waals surface area contributed by atoms with Gasteiger partial charge in [-0.3, -0.25) is 9.20 Å². The van der Waals surface area contributed by atoms with E-state index in [2.05, 4.69) is 25.8 Å². The summed E-state index contributed by atoms with van der Waals surface area (Å²) in [5.41, 5.74) is 2.02. The second-order valence-corrected chi connectivity index (χ2v) is 7.78. The lowest BCUT2D eigenvalue weighted by Gasteiger charge is -2.37. The maximum absolute atomic E-state index is 12.8. The molecule has 1 saturated heterocycles. The zero-order valence-electron chi connectivity index (χ0n) is 14.5. The molecule has 5 heteroatoms. The van der Waals surface area contributed by atoms with E-state index < -0.39 is 0 Å². The van der Waals surface area contributed by atoms with Gasteiger partial charge in [-0.25, -0.2) is 9.97 Å². The minimum Gasteiger partial charge on any atom is -0.332 e. The number of carbonyl (C=O) groups is 1. The Bertz CT molecular complexity index is 713. The molecule has 2 aromatic rings. The molecule has 3 heterocycles. The van der Waals surface area contributed by atoms with Crippen LogP contribution in [0.1, 0.15) is 64.0 Å². The maximum Gasteiger partial charge on any atom is 0.223 e. The van der Waals surface area contributed by atoms with Crippen LogP contribution in [-0.4, -0.2) is 31.7 Å². The molecule has 0 bridgehead atoms. The largest absolute Gasteiger partial charge is 0.332 e. The molecule has 0 radical (unpaired) electrons. The number of nitrogens with zero attached hydrogens (tertiary/aromatic N) is 4. The van der Waals surface area contributed by atoms with E-state index in [0.717, 1.165) is 42.8 Å². The predicted molar refractivity (Wildman–Crippen MR) is 90.1 cm³/mol. The SMILES string of the molecule is Cc1cc2cncn2c([C@@H]2CCCCN2C(=O)CC(C)(C)C)n1. The van der Waals surface area contributed by atoms with Gasteiger partial charge in [-0.15, -0.1) is 0 Å². The lowest BCUT2D eigenvalue weighted by Crippen LogP contribution is -2.41. The molecule has 1 fully saturated rings. The van der Waals surface area contributed by atoms with Gasteiger partial charge < -0.3 is 4.90 Å². The van der Waals surface area contributed by atoms with Crippen molar-refractivity contribution in [3.05, 3.63) is 30.1 Å². The number of rotatable bonds is 2. The molecule has 3 rings (SSSR count). The number of likely N-dealkylation sites (tertiary alicyclic amines) is 1. The smallest absolute Gasteiger partial charge is 0.223 e. The standard InChI is InChI=1S/C18H26N4O/c1-13-9-14-11-19-12-22(14)17(20-13)15-7-5-6-8-21(15)16(23)10-18(2,3)4/h9,11-12,15H,5-8,10H2,1-4H3/t15-/m0/s1. The molecule has 1 amide bonds. The van der Waals surface area contributed by atoms with Crippen molar-refractivity contribution >= 4 is 11.4 Å². The highest BCUT2D eigenvalue weighted by Gasteiger charge is 2.32. The molecule has 2 aromatic heterocycles. The molecule has 1 aliphatic heterocycles. The van der Waals surface area contributed by atoms with Gasteiger partial charge in [0.1, 0.15) is 12.2 Å². The van der Waals surface area contributed by atoms with E-state index >= 15 is 0 Å². The van der Waals surface area contributed by atoms with Crippen molar-refractivity contribution in [1.29, 1.82) is 0 Å². The van der Waals surface area contributed by atoms with Gasteiger partial charge in [0.2, 0.25) is 5.91 Å². The lowest BCUT2D eigenvalue weighted by atomic mass is 9.90. The van der Waals surface area contributed by atoms with Crippen LogP contribution in [0.5, 0.6) is 0 Å². The van der Waals surface area contributed by atoms with Gasteiger partial charge in [0.15, 0.2) is 0 Å². The fraction of sp³-hybridized carbons (Fsp3) is 0.611. The second-order valence-electron chi connectivity index (χ2n) is 7.78. The summed E-state index contributed by atoms with van der Waals surface area (Å²) in [5.74, 6) is 1.18. The highest BCUT2D eigenvalue weighted by molar-refractivity contribution is 5.77. The van der Waals surface area contributed by atoms with E-state index in [1.165, 1.54) is 0 Å². The first-order chi connectivity index (χ1) is 10.8. The molecule has 124 valence electrons. The zero-order valence-corrected chi connectivity index (χ0v) is 14.5. The third-order valence-corrected chi connectivity index (χ3v) is 4.36. The van der Waals surface area contributed by atoms with Crippen molar-refractivity contribution in [3.8, 4) is 0 Å². The Morgan fingerprint density at radius 3 is 2.87 bits per heavy atom. The lowest BCUT2D eigenvalue weighted by molar-refractivity contribution is -0.137. The Morgan fingerprint density at radius 2 is 2.13 bits per heavy atom. The van der Waals surface area contributed by atoms with Crippen molar-refractivity contribution in [2.45, 2.75) is 59.4 Å². The highest BCUT2D eigenvalue weighted by atomic mass is 16.2. The summed E-state index contributed by atoms with van der Waals surface area (Å²) >= 11 is 0. The van der Waals surface area contributed by atoms with Gasteiger partial charge in [-0.1, -0.05) is 20.8 Å². The molecule has 0 spiro atoms. The average molecular weight is 314 g/mol. The predicted octanol–water partition coefficient (Wildman–Crippen LogP) is 3.53. The minimum atomic E-state index is 0.00341. The summed E-state index contributed by atoms with van der Waals surface area (Å²) in [4.78, 5) is 23.9. The monoisotopic (exact) mass is 314 g/mol. The third kappa shape index (κ3) is 3.38. The molecule has 5 nitrogen and oxygen atoms in total. The van der Waals surface area contributed by atoms with Gasteiger partial charge in [-0.05, 0) is 37.7 Å². The van der Waals surface area contributed by atoms with E-state index in [9.17, 15) is 4.79 Å². The molecule has 0 aromatic carbocycles. The third-order valence-electron chi connectivity index (χ3n) is 4.36. The zero-order chi connectivity index (χ0) is 16.6. The van der Waals surface area contributed by atoms with Crippen molar-refractivity contribution < 1.29 is 4.79 Å². The number of aromatic nitrogens is 3. The van der Waals surface area contributed by atoms with Crippen LogP contribution in [0.3, 0.4) is 0 Å². The Kier molecular flexibility index (Phi) is 4.13. The van der Waals surface area contributed by atoms with Crippen LogP contribution in [0.25, 0.3) is 5.52 Å². The number of imidazole rings is 1.